The minimum Gasteiger partial charge on any atom is -0.481 e. The summed E-state index contributed by atoms with van der Waals surface area (Å²) in [6.07, 6.45) is 2.67. The van der Waals surface area contributed by atoms with Crippen LogP contribution in [0.15, 0.2) is 36.7 Å². The standard InChI is InChI=1S/C33H38F4N8O3.3ClH/c1-43(19-32(20-48-2)8-3-4-9-32)26-16-24(21-5-6-23(34)22(15-21)33(35,36)37)40-31-29(26)41-30(42-31)25-17-39-27(18-38-25)45-13-11-44(12-14-45)10-7-28(46)47;;;/h5-6,15-18H,3-4,7-14,19-20H2,1-2H3,(H,46,47)(H,40,41,42);3*1H. The number of carboxylic acids is 1. The average molecular weight is 780 g/mol. The van der Waals surface area contributed by atoms with Crippen LogP contribution in [0.2, 0.25) is 0 Å². The number of anilines is 2. The zero-order chi connectivity index (χ0) is 34.1. The number of methoxy groups -OCH3 is 1. The van der Waals surface area contributed by atoms with Crippen LogP contribution < -0.4 is 9.80 Å². The Kier molecular flexibility index (Phi) is 14.3. The largest absolute Gasteiger partial charge is 0.481 e. The maximum atomic E-state index is 14.2. The van der Waals surface area contributed by atoms with Gasteiger partial charge in [0.2, 0.25) is 0 Å². The summed E-state index contributed by atoms with van der Waals surface area (Å²) in [7, 11) is 3.61. The molecule has 0 unspecified atom stereocenters. The first-order valence-corrected chi connectivity index (χ1v) is 15.9. The van der Waals surface area contributed by atoms with Crippen LogP contribution >= 0.6 is 37.2 Å². The van der Waals surface area contributed by atoms with Crippen molar-refractivity contribution in [2.24, 2.45) is 5.41 Å². The van der Waals surface area contributed by atoms with Crippen LogP contribution in [0.1, 0.15) is 37.7 Å². The maximum Gasteiger partial charge on any atom is 0.419 e. The van der Waals surface area contributed by atoms with Crippen LogP contribution in [0.3, 0.4) is 0 Å². The van der Waals surface area contributed by atoms with Crippen LogP contribution in [-0.4, -0.2) is 101 Å². The number of carboxylic acid groups (broad SMARTS) is 1. The number of aliphatic carboxylic acids is 1. The third-order valence-corrected chi connectivity index (χ3v) is 9.33. The van der Waals surface area contributed by atoms with Gasteiger partial charge in [-0.15, -0.1) is 37.2 Å². The molecular weight excluding hydrogens is 739 g/mol. The van der Waals surface area contributed by atoms with Crippen molar-refractivity contribution in [1.29, 1.82) is 0 Å². The van der Waals surface area contributed by atoms with Crippen molar-refractivity contribution in [3.8, 4) is 22.8 Å². The lowest BCUT2D eigenvalue weighted by atomic mass is 9.86. The van der Waals surface area contributed by atoms with E-state index in [-0.39, 0.29) is 66.0 Å². The Bertz CT molecular complexity index is 1770. The van der Waals surface area contributed by atoms with Gasteiger partial charge in [-0.1, -0.05) is 12.8 Å². The SMILES string of the molecule is COCC1(CN(C)c2cc(-c3ccc(F)c(C(F)(F)F)c3)nc3nc(-c4cnc(N5CCN(CCC(=O)O)CC5)cn4)[nH]c23)CCCC1.Cl.Cl.Cl. The molecule has 1 aliphatic heterocycles. The van der Waals surface area contributed by atoms with E-state index in [0.29, 0.717) is 61.3 Å². The molecular formula is C33H41Cl3F4N8O3. The highest BCUT2D eigenvalue weighted by Crippen LogP contribution is 2.41. The highest BCUT2D eigenvalue weighted by atomic mass is 35.5. The highest BCUT2D eigenvalue weighted by molar-refractivity contribution is 5.91. The van der Waals surface area contributed by atoms with Crippen molar-refractivity contribution in [3.05, 3.63) is 48.0 Å². The zero-order valence-electron chi connectivity index (χ0n) is 28.1. The zero-order valence-corrected chi connectivity index (χ0v) is 30.5. The van der Waals surface area contributed by atoms with Gasteiger partial charge in [0.25, 0.3) is 0 Å². The Labute approximate surface area is 311 Å². The highest BCUT2D eigenvalue weighted by Gasteiger charge is 2.36. The number of hydrogen-bond donors (Lipinski definition) is 2. The molecule has 4 heterocycles. The molecule has 4 aromatic rings. The lowest BCUT2D eigenvalue weighted by Gasteiger charge is -2.34. The molecule has 1 aliphatic carbocycles. The molecule has 11 nitrogen and oxygen atoms in total. The minimum atomic E-state index is -4.86. The second-order valence-electron chi connectivity index (χ2n) is 12.7. The summed E-state index contributed by atoms with van der Waals surface area (Å²) in [6.45, 7) is 4.53. The van der Waals surface area contributed by atoms with E-state index in [1.165, 1.54) is 6.07 Å². The van der Waals surface area contributed by atoms with Crippen molar-refractivity contribution >= 4 is 65.9 Å². The van der Waals surface area contributed by atoms with E-state index in [1.54, 1.807) is 25.6 Å². The molecule has 2 aliphatic rings. The number of imidazole rings is 1. The Balaban J connectivity index is 0.00000234. The van der Waals surface area contributed by atoms with Crippen molar-refractivity contribution in [2.75, 3.05) is 69.8 Å². The van der Waals surface area contributed by atoms with Gasteiger partial charge in [0.05, 0.1) is 42.4 Å². The molecule has 1 aromatic carbocycles. The van der Waals surface area contributed by atoms with Gasteiger partial charge >= 0.3 is 12.1 Å². The van der Waals surface area contributed by atoms with Gasteiger partial charge < -0.3 is 24.6 Å². The number of aromatic nitrogens is 5. The first-order chi connectivity index (χ1) is 22.9. The number of halogens is 7. The molecule has 51 heavy (non-hydrogen) atoms. The molecule has 0 amide bonds. The molecule has 1 saturated carbocycles. The number of benzene rings is 1. The number of nitrogens with zero attached hydrogens (tertiary/aromatic N) is 7. The number of nitrogens with one attached hydrogen (secondary N) is 1. The smallest absolute Gasteiger partial charge is 0.419 e. The molecule has 2 fully saturated rings. The number of H-pyrrole nitrogens is 1. The first-order valence-electron chi connectivity index (χ1n) is 15.9. The average Bonchev–Trinajstić information content (AvgIpc) is 3.71. The van der Waals surface area contributed by atoms with Gasteiger partial charge in [-0.25, -0.2) is 24.3 Å². The van der Waals surface area contributed by atoms with Crippen molar-refractivity contribution in [1.82, 2.24) is 29.8 Å². The Morgan fingerprint density at radius 1 is 1.02 bits per heavy atom. The van der Waals surface area contributed by atoms with E-state index in [1.807, 2.05) is 7.05 Å². The Hall–Kier alpha value is -3.50. The molecule has 0 bridgehead atoms. The summed E-state index contributed by atoms with van der Waals surface area (Å²) in [6, 6.07) is 4.58. The molecule has 6 rings (SSSR count). The number of fused-ring (bicyclic) bond motifs is 1. The molecule has 280 valence electrons. The van der Waals surface area contributed by atoms with Gasteiger partial charge in [0.1, 0.15) is 22.8 Å². The Morgan fingerprint density at radius 3 is 2.33 bits per heavy atom. The number of ether oxygens (including phenoxy) is 1. The summed E-state index contributed by atoms with van der Waals surface area (Å²) in [4.78, 5) is 39.0. The molecule has 0 atom stereocenters. The van der Waals surface area contributed by atoms with Gasteiger partial charge in [0, 0.05) is 64.4 Å². The predicted octanol–water partition coefficient (Wildman–Crippen LogP) is 6.74. The molecule has 2 N–H and O–H groups in total. The van der Waals surface area contributed by atoms with Gasteiger partial charge in [-0.2, -0.15) is 13.2 Å². The van der Waals surface area contributed by atoms with E-state index < -0.39 is 23.5 Å². The molecule has 18 heteroatoms. The van der Waals surface area contributed by atoms with E-state index in [9.17, 15) is 22.4 Å². The maximum absolute atomic E-state index is 14.2. The van der Waals surface area contributed by atoms with Crippen LogP contribution in [0.4, 0.5) is 29.1 Å². The molecule has 0 radical (unpaired) electrons. The van der Waals surface area contributed by atoms with E-state index >= 15 is 0 Å². The number of rotatable bonds is 11. The van der Waals surface area contributed by atoms with Crippen LogP contribution in [0.25, 0.3) is 33.9 Å². The third-order valence-electron chi connectivity index (χ3n) is 9.33. The van der Waals surface area contributed by atoms with Gasteiger partial charge in [0.15, 0.2) is 11.5 Å². The fourth-order valence-electron chi connectivity index (χ4n) is 6.87. The normalized spacial score (nSPS) is 15.9. The quantitative estimate of drug-likeness (QED) is 0.158. The second-order valence-corrected chi connectivity index (χ2v) is 12.7. The summed E-state index contributed by atoms with van der Waals surface area (Å²) in [5.74, 6) is -1.09. The van der Waals surface area contributed by atoms with Crippen LogP contribution in [0.5, 0.6) is 0 Å². The van der Waals surface area contributed by atoms with Crippen molar-refractivity contribution in [3.63, 3.8) is 0 Å². The van der Waals surface area contributed by atoms with Crippen molar-refractivity contribution in [2.45, 2.75) is 38.3 Å². The molecule has 0 spiro atoms. The summed E-state index contributed by atoms with van der Waals surface area (Å²) in [5, 5.41) is 8.96. The number of aromatic amines is 1. The lowest BCUT2D eigenvalue weighted by Crippen LogP contribution is -2.47. The molecule has 3 aromatic heterocycles. The topological polar surface area (TPSA) is 124 Å². The molecule has 1 saturated heterocycles. The monoisotopic (exact) mass is 778 g/mol. The summed E-state index contributed by atoms with van der Waals surface area (Å²) < 4.78 is 60.7. The lowest BCUT2D eigenvalue weighted by molar-refractivity contribution is -0.140. The summed E-state index contributed by atoms with van der Waals surface area (Å²) in [5.41, 5.74) is 0.903. The first kappa shape index (κ1) is 41.9. The van der Waals surface area contributed by atoms with E-state index in [0.717, 1.165) is 50.9 Å². The predicted molar refractivity (Wildman–Crippen MR) is 194 cm³/mol. The number of carbonyl (C=O) groups is 1. The number of pyridine rings is 1. The fraction of sp³-hybridized carbons (Fsp3) is 0.485. The minimum absolute atomic E-state index is 0. The second kappa shape index (κ2) is 17.3. The van der Waals surface area contributed by atoms with Gasteiger partial charge in [-0.05, 0) is 37.1 Å². The van der Waals surface area contributed by atoms with Crippen LogP contribution in [-0.2, 0) is 15.7 Å². The Morgan fingerprint density at radius 2 is 1.73 bits per heavy atom. The van der Waals surface area contributed by atoms with Crippen LogP contribution in [0, 0.1) is 11.2 Å². The number of hydrogen-bond acceptors (Lipinski definition) is 9. The number of alkyl halides is 3. The van der Waals surface area contributed by atoms with E-state index in [4.69, 9.17) is 9.84 Å². The van der Waals surface area contributed by atoms with Gasteiger partial charge in [-0.3, -0.25) is 9.69 Å². The summed E-state index contributed by atoms with van der Waals surface area (Å²) >= 11 is 0. The van der Waals surface area contributed by atoms with Crippen molar-refractivity contribution < 1.29 is 32.2 Å². The third kappa shape index (κ3) is 9.49. The van der Waals surface area contributed by atoms with E-state index in [2.05, 4.69) is 39.6 Å². The fourth-order valence-corrected chi connectivity index (χ4v) is 6.87. The number of piperazine rings is 1.